The van der Waals surface area contributed by atoms with E-state index in [0.29, 0.717) is 17.7 Å². The van der Waals surface area contributed by atoms with Crippen LogP contribution in [0.25, 0.3) is 0 Å². The van der Waals surface area contributed by atoms with Gasteiger partial charge in [0.05, 0.1) is 0 Å². The highest BCUT2D eigenvalue weighted by Gasteiger charge is 2.24. The average Bonchev–Trinajstić information content (AvgIpc) is 1.63. The molecule has 0 aromatic carbocycles. The first-order valence-electron chi connectivity index (χ1n) is 2.93. The molecular weight excluding hydrogens is 248 g/mol. The molecule has 0 spiro atoms. The van der Waals surface area contributed by atoms with E-state index in [1.54, 1.807) is 0 Å². The summed E-state index contributed by atoms with van der Waals surface area (Å²) in [7, 11) is 0. The highest BCUT2D eigenvalue weighted by molar-refractivity contribution is 9.12. The molecule has 1 atom stereocenters. The van der Waals surface area contributed by atoms with Crippen LogP contribution in [0.1, 0.15) is 20.3 Å². The van der Waals surface area contributed by atoms with Gasteiger partial charge in [0.15, 0.2) is 4.51 Å². The molecule has 0 fully saturated rings. The predicted molar refractivity (Wildman–Crippen MR) is 45.6 cm³/mol. The van der Waals surface area contributed by atoms with Gasteiger partial charge in [-0.1, -0.05) is 29.8 Å². The molecular formula is C6H11Br2O. The second-order valence-corrected chi connectivity index (χ2v) is 4.62. The zero-order chi connectivity index (χ0) is 7.49. The Labute approximate surface area is 73.1 Å². The van der Waals surface area contributed by atoms with Gasteiger partial charge in [-0.2, -0.15) is 0 Å². The topological polar surface area (TPSA) is 19.9 Å². The van der Waals surface area contributed by atoms with Crippen molar-refractivity contribution in [3.63, 3.8) is 0 Å². The number of alkyl halides is 2. The minimum absolute atomic E-state index is 0.458. The second kappa shape index (κ2) is 3.94. The molecule has 0 aromatic heterocycles. The molecule has 0 aliphatic carbocycles. The standard InChI is InChI=1S/C6H11Br2O/c1-5(2)3-6(8,9)4-7/h5H,3-4H2,1-2H3. The molecule has 55 valence electrons. The van der Waals surface area contributed by atoms with E-state index in [4.69, 9.17) is 0 Å². The SMILES string of the molecule is CC(C)CC([O])(Br)CBr. The van der Waals surface area contributed by atoms with E-state index in [9.17, 15) is 5.11 Å². The number of halogens is 2. The molecule has 0 amide bonds. The Morgan fingerprint density at radius 3 is 2.11 bits per heavy atom. The summed E-state index contributed by atoms with van der Waals surface area (Å²) >= 11 is 6.22. The summed E-state index contributed by atoms with van der Waals surface area (Å²) < 4.78 is -0.957. The van der Waals surface area contributed by atoms with Gasteiger partial charge in [-0.15, -0.1) is 0 Å². The van der Waals surface area contributed by atoms with Crippen LogP contribution in [0.5, 0.6) is 0 Å². The molecule has 0 saturated carbocycles. The lowest BCUT2D eigenvalue weighted by atomic mass is 10.1. The number of hydrogen-bond acceptors (Lipinski definition) is 0. The molecule has 1 nitrogen and oxygen atoms in total. The van der Waals surface area contributed by atoms with Crippen molar-refractivity contribution >= 4 is 31.9 Å². The van der Waals surface area contributed by atoms with Crippen molar-refractivity contribution in [3.05, 3.63) is 0 Å². The quantitative estimate of drug-likeness (QED) is 0.694. The van der Waals surface area contributed by atoms with Crippen molar-refractivity contribution in [2.45, 2.75) is 24.8 Å². The maximum atomic E-state index is 11.2. The summed E-state index contributed by atoms with van der Waals surface area (Å²) in [6.45, 7) is 4.08. The molecule has 0 aromatic rings. The van der Waals surface area contributed by atoms with Crippen molar-refractivity contribution in [3.8, 4) is 0 Å². The first kappa shape index (κ1) is 9.92. The number of hydrogen-bond donors (Lipinski definition) is 0. The van der Waals surface area contributed by atoms with Crippen LogP contribution in [0, 0.1) is 5.92 Å². The van der Waals surface area contributed by atoms with Crippen molar-refractivity contribution in [2.24, 2.45) is 5.92 Å². The molecule has 1 unspecified atom stereocenters. The van der Waals surface area contributed by atoms with Gasteiger partial charge in [-0.25, -0.2) is 5.11 Å². The van der Waals surface area contributed by atoms with Gasteiger partial charge in [0.2, 0.25) is 0 Å². The third kappa shape index (κ3) is 5.37. The highest BCUT2D eigenvalue weighted by Crippen LogP contribution is 2.26. The molecule has 9 heavy (non-hydrogen) atoms. The van der Waals surface area contributed by atoms with Gasteiger partial charge >= 0.3 is 0 Å². The zero-order valence-corrected chi connectivity index (χ0v) is 8.83. The Morgan fingerprint density at radius 2 is 2.00 bits per heavy atom. The first-order chi connectivity index (χ1) is 3.98. The Balaban J connectivity index is 3.58. The lowest BCUT2D eigenvalue weighted by Gasteiger charge is -2.16. The predicted octanol–water partition coefficient (Wildman–Crippen LogP) is 2.95. The summed E-state index contributed by atoms with van der Waals surface area (Å²) in [6, 6.07) is 0. The normalized spacial score (nSPS) is 18.0. The van der Waals surface area contributed by atoms with Gasteiger partial charge in [0, 0.05) is 5.33 Å². The van der Waals surface area contributed by atoms with Gasteiger partial charge in [0.1, 0.15) is 0 Å². The fourth-order valence-corrected chi connectivity index (χ4v) is 1.54. The Morgan fingerprint density at radius 1 is 1.56 bits per heavy atom. The second-order valence-electron chi connectivity index (χ2n) is 2.61. The van der Waals surface area contributed by atoms with Crippen molar-refractivity contribution in [1.82, 2.24) is 0 Å². The monoisotopic (exact) mass is 257 g/mol. The number of rotatable bonds is 3. The molecule has 0 heterocycles. The van der Waals surface area contributed by atoms with Crippen LogP contribution < -0.4 is 0 Å². The van der Waals surface area contributed by atoms with E-state index in [-0.39, 0.29) is 0 Å². The minimum atomic E-state index is -0.957. The van der Waals surface area contributed by atoms with E-state index in [1.165, 1.54) is 0 Å². The smallest absolute Gasteiger partial charge is 0.167 e. The van der Waals surface area contributed by atoms with Gasteiger partial charge < -0.3 is 0 Å². The van der Waals surface area contributed by atoms with Crippen molar-refractivity contribution in [2.75, 3.05) is 5.33 Å². The fraction of sp³-hybridized carbons (Fsp3) is 1.00. The average molecular weight is 259 g/mol. The van der Waals surface area contributed by atoms with Gasteiger partial charge in [-0.05, 0) is 28.3 Å². The van der Waals surface area contributed by atoms with Gasteiger partial charge in [-0.3, -0.25) is 0 Å². The summed E-state index contributed by atoms with van der Waals surface area (Å²) in [6.07, 6.45) is 0.665. The summed E-state index contributed by atoms with van der Waals surface area (Å²) in [5.41, 5.74) is 0. The summed E-state index contributed by atoms with van der Waals surface area (Å²) in [5, 5.41) is 11.6. The first-order valence-corrected chi connectivity index (χ1v) is 4.84. The van der Waals surface area contributed by atoms with Gasteiger partial charge in [0.25, 0.3) is 0 Å². The molecule has 3 heteroatoms. The lowest BCUT2D eigenvalue weighted by Crippen LogP contribution is -2.21. The molecule has 0 aliphatic rings. The van der Waals surface area contributed by atoms with E-state index in [0.717, 1.165) is 0 Å². The van der Waals surface area contributed by atoms with E-state index in [2.05, 4.69) is 31.9 Å². The summed E-state index contributed by atoms with van der Waals surface area (Å²) in [5.74, 6) is 0.458. The Hall–Kier alpha value is 0.920. The molecule has 1 radical (unpaired) electrons. The molecule has 0 N–H and O–H groups in total. The van der Waals surface area contributed by atoms with Crippen LogP contribution in [-0.4, -0.2) is 9.84 Å². The van der Waals surface area contributed by atoms with E-state index in [1.807, 2.05) is 13.8 Å². The third-order valence-corrected chi connectivity index (χ3v) is 3.17. The molecule has 0 bridgehead atoms. The minimum Gasteiger partial charge on any atom is -0.216 e. The lowest BCUT2D eigenvalue weighted by molar-refractivity contribution is 0.0655. The van der Waals surface area contributed by atoms with Crippen LogP contribution in [-0.2, 0) is 5.11 Å². The highest BCUT2D eigenvalue weighted by atomic mass is 79.9. The van der Waals surface area contributed by atoms with Crippen molar-refractivity contribution in [1.29, 1.82) is 0 Å². The maximum Gasteiger partial charge on any atom is 0.167 e. The maximum absolute atomic E-state index is 11.2. The fourth-order valence-electron chi connectivity index (χ4n) is 0.664. The summed E-state index contributed by atoms with van der Waals surface area (Å²) in [4.78, 5) is 0. The van der Waals surface area contributed by atoms with Crippen LogP contribution in [0.4, 0.5) is 0 Å². The van der Waals surface area contributed by atoms with Crippen LogP contribution in [0.3, 0.4) is 0 Å². The third-order valence-electron chi connectivity index (χ3n) is 0.913. The van der Waals surface area contributed by atoms with Crippen LogP contribution in [0.15, 0.2) is 0 Å². The Kier molecular flexibility index (Phi) is 4.34. The largest absolute Gasteiger partial charge is 0.216 e. The van der Waals surface area contributed by atoms with E-state index < -0.39 is 4.51 Å². The molecule has 0 aliphatic heterocycles. The van der Waals surface area contributed by atoms with Crippen molar-refractivity contribution < 1.29 is 5.11 Å². The zero-order valence-electron chi connectivity index (χ0n) is 5.66. The van der Waals surface area contributed by atoms with E-state index >= 15 is 0 Å². The Bertz CT molecular complexity index is 81.1. The molecule has 0 saturated heterocycles. The van der Waals surface area contributed by atoms with Crippen LogP contribution in [0.2, 0.25) is 0 Å². The molecule has 0 rings (SSSR count). The van der Waals surface area contributed by atoms with Crippen LogP contribution >= 0.6 is 31.9 Å².